The van der Waals surface area contributed by atoms with E-state index in [1.165, 1.54) is 5.50 Å². The Kier molecular flexibility index (Phi) is 3.90. The highest BCUT2D eigenvalue weighted by Crippen LogP contribution is 2.68. The third kappa shape index (κ3) is 3.43. The Labute approximate surface area is 98.1 Å². The zero-order valence-electron chi connectivity index (χ0n) is 11.2. The Bertz CT molecular complexity index is 249. The summed E-state index contributed by atoms with van der Waals surface area (Å²) in [7, 11) is -2.04. The topological polar surface area (TPSA) is 9.23 Å². The van der Waals surface area contributed by atoms with Gasteiger partial charge in [0, 0.05) is 0 Å². The summed E-state index contributed by atoms with van der Waals surface area (Å²) in [6.45, 7) is 18.1. The van der Waals surface area contributed by atoms with E-state index in [0.29, 0.717) is 0 Å². The van der Waals surface area contributed by atoms with Crippen LogP contribution in [0.4, 0.5) is 0 Å². The van der Waals surface area contributed by atoms with Crippen LogP contribution in [0.3, 0.4) is 0 Å². The van der Waals surface area contributed by atoms with Crippen molar-refractivity contribution in [2.75, 3.05) is 6.61 Å². The van der Waals surface area contributed by atoms with E-state index < -0.39 is 16.1 Å². The van der Waals surface area contributed by atoms with Gasteiger partial charge in [-0.3, -0.25) is 0 Å². The minimum Gasteiger partial charge on any atom is -0.493 e. The SMILES string of the molecule is CCOC1=C[P@]1C([Si](C)(C)C)[Si](C)(C)C. The maximum Gasteiger partial charge on any atom is 0.122 e. The van der Waals surface area contributed by atoms with Crippen LogP contribution >= 0.6 is 7.92 Å². The lowest BCUT2D eigenvalue weighted by molar-refractivity contribution is 0.262. The van der Waals surface area contributed by atoms with Crippen molar-refractivity contribution in [3.8, 4) is 0 Å². The zero-order valence-corrected chi connectivity index (χ0v) is 14.1. The molecule has 0 aromatic heterocycles. The van der Waals surface area contributed by atoms with E-state index in [1.54, 1.807) is 0 Å². The lowest BCUT2D eigenvalue weighted by Crippen LogP contribution is -2.51. The molecule has 0 aromatic carbocycles. The van der Waals surface area contributed by atoms with Crippen LogP contribution in [0.2, 0.25) is 39.3 Å². The number of ether oxygens (including phenoxy) is 1. The first kappa shape index (κ1) is 13.5. The van der Waals surface area contributed by atoms with Gasteiger partial charge in [-0.05, 0) is 25.6 Å². The average molecular weight is 260 g/mol. The van der Waals surface area contributed by atoms with Crippen molar-refractivity contribution >= 4 is 24.1 Å². The molecule has 0 saturated carbocycles. The van der Waals surface area contributed by atoms with Gasteiger partial charge in [-0.2, -0.15) is 0 Å². The first-order chi connectivity index (χ1) is 6.68. The van der Waals surface area contributed by atoms with Gasteiger partial charge in [-0.15, -0.1) is 0 Å². The van der Waals surface area contributed by atoms with Gasteiger partial charge < -0.3 is 4.74 Å². The first-order valence-electron chi connectivity index (χ1n) is 5.81. The van der Waals surface area contributed by atoms with Crippen molar-refractivity contribution in [2.45, 2.75) is 51.1 Å². The molecule has 1 heterocycles. The van der Waals surface area contributed by atoms with Gasteiger partial charge in [-0.1, -0.05) is 39.3 Å². The second kappa shape index (κ2) is 4.35. The highest BCUT2D eigenvalue weighted by Gasteiger charge is 2.48. The van der Waals surface area contributed by atoms with E-state index >= 15 is 0 Å². The minimum absolute atomic E-state index is 0.0336. The third-order valence-corrected chi connectivity index (χ3v) is 19.0. The highest BCUT2D eigenvalue weighted by molar-refractivity contribution is 7.77. The predicted octanol–water partition coefficient (Wildman–Crippen LogP) is 4.44. The molecule has 0 unspecified atom stereocenters. The number of hydrogen-bond acceptors (Lipinski definition) is 1. The van der Waals surface area contributed by atoms with Crippen LogP contribution in [0.15, 0.2) is 11.3 Å². The van der Waals surface area contributed by atoms with Crippen molar-refractivity contribution in [3.63, 3.8) is 0 Å². The van der Waals surface area contributed by atoms with E-state index in [-0.39, 0.29) is 7.92 Å². The third-order valence-electron chi connectivity index (χ3n) is 2.65. The van der Waals surface area contributed by atoms with Crippen LogP contribution in [0.1, 0.15) is 6.92 Å². The van der Waals surface area contributed by atoms with Crippen molar-refractivity contribution in [3.05, 3.63) is 11.3 Å². The summed E-state index contributed by atoms with van der Waals surface area (Å²) < 4.78 is 5.67. The molecule has 0 spiro atoms. The van der Waals surface area contributed by atoms with Gasteiger partial charge >= 0.3 is 0 Å². The Morgan fingerprint density at radius 2 is 1.60 bits per heavy atom. The molecule has 1 rings (SSSR count). The van der Waals surface area contributed by atoms with Crippen molar-refractivity contribution in [1.82, 2.24) is 0 Å². The quantitative estimate of drug-likeness (QED) is 0.524. The maximum absolute atomic E-state index is 5.67. The summed E-state index contributed by atoms with van der Waals surface area (Å²) in [6.07, 6.45) is 0. The monoisotopic (exact) mass is 260 g/mol. The Morgan fingerprint density at radius 3 is 1.93 bits per heavy atom. The highest BCUT2D eigenvalue weighted by atomic mass is 31.1. The zero-order chi connectivity index (χ0) is 11.9. The minimum atomic E-state index is -1.04. The lowest BCUT2D eigenvalue weighted by atomic mass is 10.9. The molecule has 0 saturated heterocycles. The summed E-state index contributed by atoms with van der Waals surface area (Å²) in [5.41, 5.74) is 1.35. The van der Waals surface area contributed by atoms with Gasteiger partial charge in [0.15, 0.2) is 0 Å². The molecule has 1 aliphatic rings. The van der Waals surface area contributed by atoms with Crippen molar-refractivity contribution in [2.24, 2.45) is 0 Å². The van der Waals surface area contributed by atoms with Gasteiger partial charge in [0.1, 0.15) is 5.50 Å². The molecular weight excluding hydrogens is 235 g/mol. The smallest absolute Gasteiger partial charge is 0.122 e. The summed E-state index contributed by atoms with van der Waals surface area (Å²) in [5, 5.41) is 0. The molecule has 0 bridgehead atoms. The predicted molar refractivity (Wildman–Crippen MR) is 77.1 cm³/mol. The van der Waals surface area contributed by atoms with Crippen LogP contribution in [-0.4, -0.2) is 27.7 Å². The lowest BCUT2D eigenvalue weighted by Gasteiger charge is -2.38. The molecule has 0 fully saturated rings. The Balaban J connectivity index is 2.71. The van der Waals surface area contributed by atoms with Gasteiger partial charge in [0.05, 0.1) is 22.8 Å². The fraction of sp³-hybridized carbons (Fsp3) is 0.818. The van der Waals surface area contributed by atoms with E-state index in [0.717, 1.165) is 11.5 Å². The normalized spacial score (nSPS) is 21.6. The largest absolute Gasteiger partial charge is 0.493 e. The molecule has 0 aromatic rings. The maximum atomic E-state index is 5.67. The van der Waals surface area contributed by atoms with Crippen LogP contribution in [-0.2, 0) is 4.74 Å². The molecule has 0 aliphatic carbocycles. The fourth-order valence-corrected chi connectivity index (χ4v) is 22.1. The van der Waals surface area contributed by atoms with E-state index in [4.69, 9.17) is 4.74 Å². The second-order valence-corrected chi connectivity index (χ2v) is 20.6. The van der Waals surface area contributed by atoms with Crippen molar-refractivity contribution in [1.29, 1.82) is 0 Å². The number of rotatable bonds is 5. The molecule has 1 aliphatic heterocycles. The fourth-order valence-electron chi connectivity index (χ4n) is 2.69. The van der Waals surface area contributed by atoms with Gasteiger partial charge in [-0.25, -0.2) is 0 Å². The summed E-state index contributed by atoms with van der Waals surface area (Å²) in [4.78, 5) is 1.00. The molecule has 15 heavy (non-hydrogen) atoms. The van der Waals surface area contributed by atoms with Crippen LogP contribution in [0, 0.1) is 0 Å². The molecule has 88 valence electrons. The molecule has 1 atom stereocenters. The summed E-state index contributed by atoms with van der Waals surface area (Å²) in [5.74, 6) is 2.42. The van der Waals surface area contributed by atoms with Gasteiger partial charge in [0.2, 0.25) is 0 Å². The van der Waals surface area contributed by atoms with Gasteiger partial charge in [0.25, 0.3) is 0 Å². The summed E-state index contributed by atoms with van der Waals surface area (Å²) >= 11 is 0. The Morgan fingerprint density at radius 1 is 1.13 bits per heavy atom. The average Bonchev–Trinajstić information content (AvgIpc) is 2.61. The Hall–Kier alpha value is 0.404. The standard InChI is InChI=1S/C11H25OPSi2/c1-8-12-10-9-13(10)11(14(2,3)4)15(5,6)7/h9,11H,8H2,1-7H3/t13-/m0/s1. The molecule has 4 heteroatoms. The van der Waals surface area contributed by atoms with E-state index in [1.807, 2.05) is 0 Å². The molecular formula is C11H25OPSi2. The first-order valence-corrected chi connectivity index (χ1v) is 14.4. The summed E-state index contributed by atoms with van der Waals surface area (Å²) in [6, 6.07) is 0. The van der Waals surface area contributed by atoms with Crippen LogP contribution in [0.25, 0.3) is 0 Å². The van der Waals surface area contributed by atoms with Crippen LogP contribution < -0.4 is 0 Å². The van der Waals surface area contributed by atoms with Crippen molar-refractivity contribution < 1.29 is 4.74 Å². The molecule has 0 amide bonds. The van der Waals surface area contributed by atoms with Crippen LogP contribution in [0.5, 0.6) is 0 Å². The van der Waals surface area contributed by atoms with E-state index in [2.05, 4.69) is 52.0 Å². The van der Waals surface area contributed by atoms with E-state index in [9.17, 15) is 0 Å². The number of hydrogen-bond donors (Lipinski definition) is 0. The molecule has 1 nitrogen and oxygen atoms in total. The molecule has 0 radical (unpaired) electrons. The molecule has 0 N–H and O–H groups in total. The second-order valence-electron chi connectivity index (χ2n) is 6.44.